The Morgan fingerprint density at radius 1 is 0.833 bits per heavy atom. The number of nitrogens with zero attached hydrogens (tertiary/aromatic N) is 4. The standard InChI is InChI=1S/C26H21ClN4O5/c1-34-23-12-16(13-24(35-2)25(23)36-3)15-28-26-29-21(17-4-8-19(27)9-5-17)14-22(30-26)18-6-10-20(11-7-18)31(32)33/h4-15H,1-3H3/b28-15+. The van der Waals surface area contributed by atoms with E-state index in [9.17, 15) is 10.1 Å². The van der Waals surface area contributed by atoms with Crippen LogP contribution in [0.3, 0.4) is 0 Å². The van der Waals surface area contributed by atoms with E-state index in [0.717, 1.165) is 5.56 Å². The molecule has 0 radical (unpaired) electrons. The number of methoxy groups -OCH3 is 3. The molecule has 0 unspecified atom stereocenters. The quantitative estimate of drug-likeness (QED) is 0.161. The second-order valence-corrected chi connectivity index (χ2v) is 7.90. The molecule has 0 bridgehead atoms. The van der Waals surface area contributed by atoms with Crippen molar-refractivity contribution in [3.8, 4) is 39.8 Å². The van der Waals surface area contributed by atoms with Crippen molar-refractivity contribution in [2.75, 3.05) is 21.3 Å². The van der Waals surface area contributed by atoms with E-state index in [-0.39, 0.29) is 11.6 Å². The van der Waals surface area contributed by atoms with Crippen LogP contribution in [0.4, 0.5) is 11.6 Å². The molecule has 0 atom stereocenters. The molecule has 1 aromatic heterocycles. The van der Waals surface area contributed by atoms with Crippen molar-refractivity contribution in [2.45, 2.75) is 0 Å². The first-order valence-corrected chi connectivity index (χ1v) is 11.0. The van der Waals surface area contributed by atoms with Crippen LogP contribution in [-0.2, 0) is 0 Å². The molecule has 0 amide bonds. The fraction of sp³-hybridized carbons (Fsp3) is 0.115. The van der Waals surface area contributed by atoms with Crippen molar-refractivity contribution < 1.29 is 19.1 Å². The molecule has 1 heterocycles. The van der Waals surface area contributed by atoms with E-state index in [1.807, 2.05) is 12.1 Å². The molecule has 36 heavy (non-hydrogen) atoms. The molecule has 0 spiro atoms. The van der Waals surface area contributed by atoms with Gasteiger partial charge in [-0.05, 0) is 42.5 Å². The summed E-state index contributed by atoms with van der Waals surface area (Å²) < 4.78 is 16.2. The van der Waals surface area contributed by atoms with Gasteiger partial charge in [0.15, 0.2) is 11.5 Å². The molecule has 0 N–H and O–H groups in total. The molecule has 0 fully saturated rings. The first kappa shape index (κ1) is 24.6. The SMILES string of the molecule is COc1cc(/C=N/c2nc(-c3ccc(Cl)cc3)cc(-c3ccc([N+](=O)[O-])cc3)n2)cc(OC)c1OC. The molecular weight excluding hydrogens is 484 g/mol. The lowest BCUT2D eigenvalue weighted by atomic mass is 10.1. The van der Waals surface area contributed by atoms with Crippen molar-refractivity contribution in [1.29, 1.82) is 0 Å². The maximum atomic E-state index is 11.0. The van der Waals surface area contributed by atoms with Gasteiger partial charge in [0.05, 0.1) is 37.6 Å². The summed E-state index contributed by atoms with van der Waals surface area (Å²) in [5.41, 5.74) is 3.35. The predicted molar refractivity (Wildman–Crippen MR) is 138 cm³/mol. The molecule has 0 aliphatic heterocycles. The third-order valence-electron chi connectivity index (χ3n) is 5.24. The maximum Gasteiger partial charge on any atom is 0.269 e. The Kier molecular flexibility index (Phi) is 7.41. The van der Waals surface area contributed by atoms with Crippen LogP contribution in [-0.4, -0.2) is 42.4 Å². The van der Waals surface area contributed by atoms with Crippen LogP contribution in [0.5, 0.6) is 17.2 Å². The second-order valence-electron chi connectivity index (χ2n) is 7.47. The van der Waals surface area contributed by atoms with Crippen LogP contribution < -0.4 is 14.2 Å². The molecule has 9 nitrogen and oxygen atoms in total. The molecular formula is C26H21ClN4O5. The zero-order chi connectivity index (χ0) is 25.7. The molecule has 4 aromatic rings. The number of aliphatic imine (C=N–C) groups is 1. The van der Waals surface area contributed by atoms with Crippen molar-refractivity contribution >= 4 is 29.5 Å². The van der Waals surface area contributed by atoms with E-state index >= 15 is 0 Å². The van der Waals surface area contributed by atoms with Crippen LogP contribution >= 0.6 is 11.6 Å². The lowest BCUT2D eigenvalue weighted by molar-refractivity contribution is -0.384. The normalized spacial score (nSPS) is 10.9. The average Bonchev–Trinajstić information content (AvgIpc) is 2.91. The van der Waals surface area contributed by atoms with Crippen molar-refractivity contribution in [1.82, 2.24) is 9.97 Å². The van der Waals surface area contributed by atoms with E-state index in [1.165, 1.54) is 33.5 Å². The van der Waals surface area contributed by atoms with E-state index < -0.39 is 4.92 Å². The Balaban J connectivity index is 1.78. The highest BCUT2D eigenvalue weighted by atomic mass is 35.5. The summed E-state index contributed by atoms with van der Waals surface area (Å²) in [5, 5.41) is 11.6. The van der Waals surface area contributed by atoms with Crippen molar-refractivity contribution in [2.24, 2.45) is 4.99 Å². The number of hydrogen-bond donors (Lipinski definition) is 0. The van der Waals surface area contributed by atoms with Crippen LogP contribution in [0.25, 0.3) is 22.5 Å². The fourth-order valence-corrected chi connectivity index (χ4v) is 3.60. The Morgan fingerprint density at radius 2 is 1.36 bits per heavy atom. The molecule has 10 heteroatoms. The molecule has 0 aliphatic rings. The number of non-ortho nitro benzene ring substituents is 1. The Hall–Kier alpha value is -4.50. The first-order valence-electron chi connectivity index (χ1n) is 10.7. The van der Waals surface area contributed by atoms with Crippen LogP contribution in [0.2, 0.25) is 5.02 Å². The monoisotopic (exact) mass is 504 g/mol. The molecule has 4 rings (SSSR count). The van der Waals surface area contributed by atoms with Gasteiger partial charge in [-0.15, -0.1) is 0 Å². The number of rotatable bonds is 8. The minimum Gasteiger partial charge on any atom is -0.493 e. The average molecular weight is 505 g/mol. The number of nitro benzene ring substituents is 1. The first-order chi connectivity index (χ1) is 17.4. The summed E-state index contributed by atoms with van der Waals surface area (Å²) in [4.78, 5) is 24.2. The van der Waals surface area contributed by atoms with Gasteiger partial charge in [0.2, 0.25) is 11.7 Å². The number of ether oxygens (including phenoxy) is 3. The second kappa shape index (κ2) is 10.8. The minimum absolute atomic E-state index is 0.00799. The summed E-state index contributed by atoms with van der Waals surface area (Å²) in [5.74, 6) is 1.64. The van der Waals surface area contributed by atoms with Crippen LogP contribution in [0.1, 0.15) is 5.56 Å². The van der Waals surface area contributed by atoms with E-state index in [4.69, 9.17) is 25.8 Å². The number of aromatic nitrogens is 2. The van der Waals surface area contributed by atoms with Gasteiger partial charge in [-0.2, -0.15) is 0 Å². The van der Waals surface area contributed by atoms with Gasteiger partial charge < -0.3 is 14.2 Å². The molecule has 3 aromatic carbocycles. The third kappa shape index (κ3) is 5.42. The number of nitro groups is 1. The van der Waals surface area contributed by atoms with Gasteiger partial charge in [-0.3, -0.25) is 10.1 Å². The number of halogens is 1. The molecule has 0 saturated carbocycles. The highest BCUT2D eigenvalue weighted by Crippen LogP contribution is 2.38. The van der Waals surface area contributed by atoms with Gasteiger partial charge >= 0.3 is 0 Å². The van der Waals surface area contributed by atoms with Gasteiger partial charge in [0.1, 0.15) is 0 Å². The molecule has 182 valence electrons. The smallest absolute Gasteiger partial charge is 0.269 e. The van der Waals surface area contributed by atoms with Crippen LogP contribution in [0.15, 0.2) is 71.7 Å². The lowest BCUT2D eigenvalue weighted by Gasteiger charge is -2.12. The van der Waals surface area contributed by atoms with E-state index in [1.54, 1.807) is 48.7 Å². The van der Waals surface area contributed by atoms with Gasteiger partial charge in [0.25, 0.3) is 5.69 Å². The van der Waals surface area contributed by atoms with Crippen molar-refractivity contribution in [3.05, 3.63) is 87.4 Å². The summed E-state index contributed by atoms with van der Waals surface area (Å²) in [6.45, 7) is 0. The van der Waals surface area contributed by atoms with E-state index in [2.05, 4.69) is 15.0 Å². The fourth-order valence-electron chi connectivity index (χ4n) is 3.47. The Morgan fingerprint density at radius 3 is 1.83 bits per heavy atom. The Bertz CT molecular complexity index is 1400. The largest absolute Gasteiger partial charge is 0.493 e. The minimum atomic E-state index is -0.448. The zero-order valence-electron chi connectivity index (χ0n) is 19.6. The zero-order valence-corrected chi connectivity index (χ0v) is 20.4. The highest BCUT2D eigenvalue weighted by Gasteiger charge is 2.13. The highest BCUT2D eigenvalue weighted by molar-refractivity contribution is 6.30. The lowest BCUT2D eigenvalue weighted by Crippen LogP contribution is -1.97. The van der Waals surface area contributed by atoms with Gasteiger partial charge in [0, 0.05) is 40.1 Å². The summed E-state index contributed by atoms with van der Waals surface area (Å²) in [6.07, 6.45) is 1.59. The predicted octanol–water partition coefficient (Wildman–Crippen LogP) is 6.15. The maximum absolute atomic E-state index is 11.0. The van der Waals surface area contributed by atoms with Gasteiger partial charge in [-0.1, -0.05) is 23.7 Å². The topological polar surface area (TPSA) is 109 Å². The van der Waals surface area contributed by atoms with Crippen molar-refractivity contribution in [3.63, 3.8) is 0 Å². The number of benzene rings is 3. The Labute approximate surface area is 212 Å². The van der Waals surface area contributed by atoms with Crippen LogP contribution in [0, 0.1) is 10.1 Å². The van der Waals surface area contributed by atoms with E-state index in [0.29, 0.717) is 44.8 Å². The summed E-state index contributed by atoms with van der Waals surface area (Å²) in [7, 11) is 4.60. The number of hydrogen-bond acceptors (Lipinski definition) is 8. The summed E-state index contributed by atoms with van der Waals surface area (Å²) >= 11 is 6.05. The summed E-state index contributed by atoms with van der Waals surface area (Å²) in [6, 6.07) is 18.7. The third-order valence-corrected chi connectivity index (χ3v) is 5.50. The molecule has 0 aliphatic carbocycles. The van der Waals surface area contributed by atoms with Gasteiger partial charge in [-0.25, -0.2) is 15.0 Å². The molecule has 0 saturated heterocycles.